The Hall–Kier alpha value is -1.89. The molecule has 0 saturated carbocycles. The third-order valence-electron chi connectivity index (χ3n) is 4.74. The molecule has 5 N–H and O–H groups in total. The fraction of sp³-hybridized carbons (Fsp3) is 0.706. The van der Waals surface area contributed by atoms with Crippen LogP contribution in [0.25, 0.3) is 0 Å². The van der Waals surface area contributed by atoms with Gasteiger partial charge in [0, 0.05) is 12.8 Å². The molecule has 0 spiro atoms. The van der Waals surface area contributed by atoms with Crippen molar-refractivity contribution in [3.8, 4) is 0 Å². The molecule has 2 aromatic rings. The molecule has 2 aromatic heterocycles. The molecule has 5 atom stereocenters. The number of hydrogen-bond acceptors (Lipinski definition) is 9. The summed E-state index contributed by atoms with van der Waals surface area (Å²) < 4.78 is 12.8. The molecular weight excluding hydrogens is 370 g/mol. The molecule has 11 heteroatoms. The maximum absolute atomic E-state index is 10.00. The highest BCUT2D eigenvalue weighted by atomic mass is 16.5. The van der Waals surface area contributed by atoms with E-state index in [-0.39, 0.29) is 0 Å². The molecule has 1 saturated heterocycles. The van der Waals surface area contributed by atoms with Gasteiger partial charge >= 0.3 is 0 Å². The highest BCUT2D eigenvalue weighted by Crippen LogP contribution is 2.24. The second-order valence-electron chi connectivity index (χ2n) is 6.90. The predicted molar refractivity (Wildman–Crippen MR) is 95.0 cm³/mol. The Morgan fingerprint density at radius 3 is 2.71 bits per heavy atom. The van der Waals surface area contributed by atoms with Crippen LogP contribution in [0.2, 0.25) is 0 Å². The minimum Gasteiger partial charge on any atom is -0.394 e. The Kier molecular flexibility index (Phi) is 7.48. The Labute approximate surface area is 161 Å². The SMILES string of the molecule is OCC1OC(CCCCOCc2cn(Cc3cnc[nH]3)nn2)C(O)C(O)C1O. The number of hydrogen-bond donors (Lipinski definition) is 5. The van der Waals surface area contributed by atoms with Crippen LogP contribution in [0.15, 0.2) is 18.7 Å². The summed E-state index contributed by atoms with van der Waals surface area (Å²) in [6, 6.07) is 0. The number of H-pyrrole nitrogens is 1. The number of aliphatic hydroxyl groups excluding tert-OH is 4. The van der Waals surface area contributed by atoms with Gasteiger partial charge in [0.15, 0.2) is 0 Å². The van der Waals surface area contributed by atoms with Crippen molar-refractivity contribution in [3.05, 3.63) is 30.1 Å². The number of ether oxygens (including phenoxy) is 2. The molecule has 1 aliphatic rings. The number of unbranched alkanes of at least 4 members (excludes halogenated alkanes) is 1. The van der Waals surface area contributed by atoms with Crippen LogP contribution in [0.1, 0.15) is 30.7 Å². The average molecular weight is 397 g/mol. The van der Waals surface area contributed by atoms with Gasteiger partial charge < -0.3 is 34.9 Å². The zero-order chi connectivity index (χ0) is 19.9. The van der Waals surface area contributed by atoms with Gasteiger partial charge in [-0.25, -0.2) is 9.67 Å². The van der Waals surface area contributed by atoms with Crippen molar-refractivity contribution in [1.82, 2.24) is 25.0 Å². The first-order valence-corrected chi connectivity index (χ1v) is 9.33. The van der Waals surface area contributed by atoms with E-state index in [0.717, 1.165) is 17.8 Å². The van der Waals surface area contributed by atoms with Gasteiger partial charge in [0.2, 0.25) is 0 Å². The molecule has 0 aliphatic carbocycles. The first-order chi connectivity index (χ1) is 13.6. The van der Waals surface area contributed by atoms with Gasteiger partial charge in [0.25, 0.3) is 0 Å². The zero-order valence-electron chi connectivity index (χ0n) is 15.5. The number of aromatic nitrogens is 5. The lowest BCUT2D eigenvalue weighted by Crippen LogP contribution is -2.58. The summed E-state index contributed by atoms with van der Waals surface area (Å²) in [5, 5.41) is 46.8. The normalized spacial score (nSPS) is 27.9. The Balaban J connectivity index is 1.31. The summed E-state index contributed by atoms with van der Waals surface area (Å²) >= 11 is 0. The molecule has 3 heterocycles. The molecule has 0 aromatic carbocycles. The number of nitrogens with one attached hydrogen (secondary N) is 1. The Morgan fingerprint density at radius 1 is 1.14 bits per heavy atom. The van der Waals surface area contributed by atoms with Crippen molar-refractivity contribution in [1.29, 1.82) is 0 Å². The summed E-state index contributed by atoms with van der Waals surface area (Å²) in [4.78, 5) is 6.95. The van der Waals surface area contributed by atoms with Crippen LogP contribution in [0, 0.1) is 0 Å². The Bertz CT molecular complexity index is 694. The lowest BCUT2D eigenvalue weighted by atomic mass is 9.92. The van der Waals surface area contributed by atoms with Gasteiger partial charge in [-0.2, -0.15) is 0 Å². The van der Waals surface area contributed by atoms with Crippen LogP contribution in [0.3, 0.4) is 0 Å². The van der Waals surface area contributed by atoms with E-state index in [1.54, 1.807) is 17.2 Å². The quantitative estimate of drug-likeness (QED) is 0.303. The van der Waals surface area contributed by atoms with E-state index in [9.17, 15) is 20.4 Å². The van der Waals surface area contributed by atoms with Gasteiger partial charge in [-0.15, -0.1) is 5.10 Å². The summed E-state index contributed by atoms with van der Waals surface area (Å²) in [6.07, 6.45) is 1.78. The summed E-state index contributed by atoms with van der Waals surface area (Å²) in [6.45, 7) is 1.01. The largest absolute Gasteiger partial charge is 0.394 e. The van der Waals surface area contributed by atoms with Crippen LogP contribution >= 0.6 is 0 Å². The van der Waals surface area contributed by atoms with E-state index in [4.69, 9.17) is 9.47 Å². The van der Waals surface area contributed by atoms with E-state index in [1.165, 1.54) is 0 Å². The maximum atomic E-state index is 10.00. The minimum atomic E-state index is -1.32. The molecule has 3 rings (SSSR count). The number of imidazole rings is 1. The van der Waals surface area contributed by atoms with Crippen LogP contribution in [0.4, 0.5) is 0 Å². The minimum absolute atomic E-state index is 0.350. The molecule has 0 amide bonds. The summed E-state index contributed by atoms with van der Waals surface area (Å²) in [5.74, 6) is 0. The highest BCUT2D eigenvalue weighted by molar-refractivity contribution is 4.97. The molecule has 28 heavy (non-hydrogen) atoms. The van der Waals surface area contributed by atoms with E-state index >= 15 is 0 Å². The molecule has 5 unspecified atom stereocenters. The lowest BCUT2D eigenvalue weighted by molar-refractivity contribution is -0.230. The molecule has 1 fully saturated rings. The maximum Gasteiger partial charge on any atom is 0.111 e. The van der Waals surface area contributed by atoms with Gasteiger partial charge in [0.05, 0.1) is 44.1 Å². The zero-order valence-corrected chi connectivity index (χ0v) is 15.5. The van der Waals surface area contributed by atoms with Crippen LogP contribution in [-0.2, 0) is 22.6 Å². The lowest BCUT2D eigenvalue weighted by Gasteiger charge is -2.40. The molecule has 0 radical (unpaired) electrons. The van der Waals surface area contributed by atoms with E-state index in [0.29, 0.717) is 32.6 Å². The van der Waals surface area contributed by atoms with Crippen molar-refractivity contribution >= 4 is 0 Å². The van der Waals surface area contributed by atoms with Crippen LogP contribution in [-0.4, -0.2) is 89.1 Å². The summed E-state index contributed by atoms with van der Waals surface area (Å²) in [5.41, 5.74) is 1.67. The smallest absolute Gasteiger partial charge is 0.111 e. The fourth-order valence-corrected chi connectivity index (χ4v) is 3.17. The van der Waals surface area contributed by atoms with Crippen molar-refractivity contribution in [3.63, 3.8) is 0 Å². The van der Waals surface area contributed by atoms with E-state index in [1.807, 2.05) is 6.20 Å². The van der Waals surface area contributed by atoms with Crippen molar-refractivity contribution in [2.75, 3.05) is 13.2 Å². The molecular formula is C17H27N5O6. The van der Waals surface area contributed by atoms with Gasteiger partial charge in [-0.05, 0) is 19.3 Å². The number of rotatable bonds is 10. The molecule has 156 valence electrons. The van der Waals surface area contributed by atoms with Gasteiger partial charge in [0.1, 0.15) is 30.1 Å². The average Bonchev–Trinajstić information content (AvgIpc) is 3.37. The van der Waals surface area contributed by atoms with Crippen molar-refractivity contribution in [2.45, 2.75) is 62.9 Å². The first-order valence-electron chi connectivity index (χ1n) is 9.33. The van der Waals surface area contributed by atoms with Crippen LogP contribution < -0.4 is 0 Å². The fourth-order valence-electron chi connectivity index (χ4n) is 3.17. The van der Waals surface area contributed by atoms with Gasteiger partial charge in [-0.3, -0.25) is 0 Å². The number of aromatic amines is 1. The predicted octanol–water partition coefficient (Wildman–Crippen LogP) is -1.42. The highest BCUT2D eigenvalue weighted by Gasteiger charge is 2.42. The molecule has 0 bridgehead atoms. The second-order valence-corrected chi connectivity index (χ2v) is 6.90. The standard InChI is InChI=1S/C17H27N5O6/c23-8-14-16(25)17(26)15(24)13(28-14)3-1-2-4-27-9-12-7-22(21-20-12)6-11-5-18-10-19-11/h5,7,10,13-17,23-26H,1-4,6,8-9H2,(H,18,19). The van der Waals surface area contributed by atoms with Crippen molar-refractivity contribution < 1.29 is 29.9 Å². The Morgan fingerprint density at radius 2 is 1.96 bits per heavy atom. The second kappa shape index (κ2) is 10.0. The van der Waals surface area contributed by atoms with E-state index in [2.05, 4.69) is 20.3 Å². The molecule has 1 aliphatic heterocycles. The first kappa shape index (κ1) is 20.8. The van der Waals surface area contributed by atoms with Gasteiger partial charge in [-0.1, -0.05) is 5.21 Å². The summed E-state index contributed by atoms with van der Waals surface area (Å²) in [7, 11) is 0. The topological polar surface area (TPSA) is 159 Å². The van der Waals surface area contributed by atoms with Crippen LogP contribution in [0.5, 0.6) is 0 Å². The van der Waals surface area contributed by atoms with E-state index < -0.39 is 37.1 Å². The third-order valence-corrected chi connectivity index (χ3v) is 4.74. The molecule has 11 nitrogen and oxygen atoms in total. The number of aliphatic hydroxyl groups is 4. The monoisotopic (exact) mass is 397 g/mol. The van der Waals surface area contributed by atoms with Crippen molar-refractivity contribution in [2.24, 2.45) is 0 Å². The third kappa shape index (κ3) is 5.34. The number of nitrogens with zero attached hydrogens (tertiary/aromatic N) is 4.